The molecule has 1 amide bonds. The van der Waals surface area contributed by atoms with Gasteiger partial charge in [0.25, 0.3) is 5.91 Å². The van der Waals surface area contributed by atoms with Crippen LogP contribution >= 0.6 is 11.5 Å². The van der Waals surface area contributed by atoms with E-state index in [1.165, 1.54) is 29.8 Å². The summed E-state index contributed by atoms with van der Waals surface area (Å²) < 4.78 is 5.61. The van der Waals surface area contributed by atoms with E-state index < -0.39 is 5.97 Å². The fraction of sp³-hybridized carbons (Fsp3) is 0.250. The van der Waals surface area contributed by atoms with Crippen molar-refractivity contribution >= 4 is 23.4 Å². The average Bonchev–Trinajstić information content (AvgIpc) is 2.92. The first-order valence-corrected chi connectivity index (χ1v) is 6.55. The van der Waals surface area contributed by atoms with Crippen molar-refractivity contribution in [2.45, 2.75) is 6.54 Å². The van der Waals surface area contributed by atoms with Crippen molar-refractivity contribution in [2.75, 3.05) is 13.6 Å². The molecule has 2 aromatic heterocycles. The van der Waals surface area contributed by atoms with E-state index in [-0.39, 0.29) is 19.0 Å². The van der Waals surface area contributed by atoms with Crippen molar-refractivity contribution in [1.82, 2.24) is 14.3 Å². The highest BCUT2D eigenvalue weighted by Gasteiger charge is 2.16. The maximum absolute atomic E-state index is 11.8. The number of carbonyl (C=O) groups excluding carboxylic acids is 1. The van der Waals surface area contributed by atoms with E-state index in [9.17, 15) is 9.59 Å². The number of carboxylic acid groups (broad SMARTS) is 1. The molecule has 1 N–H and O–H groups in total. The van der Waals surface area contributed by atoms with Crippen molar-refractivity contribution < 1.29 is 19.3 Å². The quantitative estimate of drug-likeness (QED) is 0.786. The lowest BCUT2D eigenvalue weighted by Gasteiger charge is -2.11. The van der Waals surface area contributed by atoms with E-state index in [1.807, 2.05) is 12.1 Å². The highest BCUT2D eigenvalue weighted by atomic mass is 32.1. The Morgan fingerprint density at radius 1 is 1.40 bits per heavy atom. The number of aliphatic carboxylic acids is 1. The second-order valence-electron chi connectivity index (χ2n) is 4.15. The Kier molecular flexibility index (Phi) is 4.36. The molecule has 0 unspecified atom stereocenters. The molecule has 2 rings (SSSR count). The van der Waals surface area contributed by atoms with Crippen LogP contribution in [0.2, 0.25) is 0 Å². The topological polar surface area (TPSA) is 87.3 Å². The monoisotopic (exact) mass is 293 g/mol. The largest absolute Gasteiger partial charge is 0.480 e. The van der Waals surface area contributed by atoms with Gasteiger partial charge in [0, 0.05) is 24.7 Å². The SMILES string of the molecule is CN(CC(=O)O)C(=O)C[n+]1ccc(-c2ncns2)cc1. The molecule has 0 atom stereocenters. The number of hydrogen-bond acceptors (Lipinski definition) is 5. The molecule has 0 aliphatic heterocycles. The number of nitrogens with zero attached hydrogens (tertiary/aromatic N) is 4. The van der Waals surface area contributed by atoms with Gasteiger partial charge in [0.15, 0.2) is 12.4 Å². The zero-order valence-corrected chi connectivity index (χ0v) is 11.6. The minimum atomic E-state index is -1.03. The van der Waals surface area contributed by atoms with Crippen LogP contribution in [0.4, 0.5) is 0 Å². The second-order valence-corrected chi connectivity index (χ2v) is 4.93. The summed E-state index contributed by atoms with van der Waals surface area (Å²) in [4.78, 5) is 27.6. The predicted octanol–water partition coefficient (Wildman–Crippen LogP) is 0.0356. The van der Waals surface area contributed by atoms with Crippen LogP contribution in [0, 0.1) is 0 Å². The molecule has 2 heterocycles. The third kappa shape index (κ3) is 3.58. The lowest BCUT2D eigenvalue weighted by molar-refractivity contribution is -0.685. The fourth-order valence-corrected chi connectivity index (χ4v) is 2.10. The Balaban J connectivity index is 2.00. The molecule has 0 spiro atoms. The second kappa shape index (κ2) is 6.20. The Hall–Kier alpha value is -2.35. The van der Waals surface area contributed by atoms with Gasteiger partial charge in [0.05, 0.1) is 0 Å². The van der Waals surface area contributed by atoms with Crippen LogP contribution in [0.5, 0.6) is 0 Å². The summed E-state index contributed by atoms with van der Waals surface area (Å²) in [7, 11) is 1.46. The van der Waals surface area contributed by atoms with Gasteiger partial charge in [-0.1, -0.05) is 0 Å². The maximum Gasteiger partial charge on any atom is 0.323 e. The molecule has 8 heteroatoms. The highest BCUT2D eigenvalue weighted by molar-refractivity contribution is 7.09. The first-order chi connectivity index (χ1) is 9.56. The summed E-state index contributed by atoms with van der Waals surface area (Å²) in [6.07, 6.45) is 5.00. The molecule has 0 fully saturated rings. The smallest absolute Gasteiger partial charge is 0.323 e. The Labute approximate surface area is 119 Å². The molecule has 0 bridgehead atoms. The number of likely N-dealkylation sites (N-methyl/N-ethyl adjacent to an activating group) is 1. The summed E-state index contributed by atoms with van der Waals surface area (Å²) in [5, 5.41) is 9.44. The van der Waals surface area contributed by atoms with Crippen LogP contribution in [0.25, 0.3) is 10.6 Å². The van der Waals surface area contributed by atoms with Gasteiger partial charge in [-0.2, -0.15) is 8.94 Å². The minimum absolute atomic E-state index is 0.0974. The van der Waals surface area contributed by atoms with Gasteiger partial charge < -0.3 is 10.0 Å². The average molecular weight is 293 g/mol. The van der Waals surface area contributed by atoms with Gasteiger partial charge in [0.1, 0.15) is 17.9 Å². The lowest BCUT2D eigenvalue weighted by atomic mass is 10.3. The first-order valence-electron chi connectivity index (χ1n) is 5.78. The number of carbonyl (C=O) groups is 2. The maximum atomic E-state index is 11.8. The van der Waals surface area contributed by atoms with Crippen LogP contribution < -0.4 is 4.57 Å². The fourth-order valence-electron chi connectivity index (χ4n) is 1.57. The van der Waals surface area contributed by atoms with E-state index in [4.69, 9.17) is 5.11 Å². The van der Waals surface area contributed by atoms with Crippen LogP contribution in [0.1, 0.15) is 0 Å². The molecular formula is C12H13N4O3S+. The van der Waals surface area contributed by atoms with E-state index in [2.05, 4.69) is 9.36 Å². The summed E-state index contributed by atoms with van der Waals surface area (Å²) in [5.74, 6) is -1.29. The van der Waals surface area contributed by atoms with Gasteiger partial charge in [-0.15, -0.1) is 0 Å². The van der Waals surface area contributed by atoms with Gasteiger partial charge in [0.2, 0.25) is 6.54 Å². The summed E-state index contributed by atoms with van der Waals surface area (Å²) in [6.45, 7) is -0.206. The molecular weight excluding hydrogens is 280 g/mol. The Bertz CT molecular complexity index is 598. The predicted molar refractivity (Wildman–Crippen MR) is 70.8 cm³/mol. The third-order valence-electron chi connectivity index (χ3n) is 2.62. The van der Waals surface area contributed by atoms with Crippen LogP contribution in [-0.4, -0.2) is 44.8 Å². The number of hydrogen-bond donors (Lipinski definition) is 1. The molecule has 7 nitrogen and oxygen atoms in total. The molecule has 20 heavy (non-hydrogen) atoms. The van der Waals surface area contributed by atoms with E-state index >= 15 is 0 Å². The third-order valence-corrected chi connectivity index (χ3v) is 3.33. The molecule has 0 radical (unpaired) electrons. The van der Waals surface area contributed by atoms with Crippen LogP contribution in [-0.2, 0) is 16.1 Å². The van der Waals surface area contributed by atoms with Gasteiger partial charge in [-0.05, 0) is 11.5 Å². The standard InChI is InChI=1S/C12H12N4O3S/c1-15(7-11(18)19)10(17)6-16-4-2-9(3-5-16)12-13-8-14-20-12/h2-5,8H,6-7H2,1H3/p+1. The van der Waals surface area contributed by atoms with Crippen LogP contribution in [0.3, 0.4) is 0 Å². The van der Waals surface area contributed by atoms with Crippen molar-refractivity contribution in [1.29, 1.82) is 0 Å². The Morgan fingerprint density at radius 3 is 2.65 bits per heavy atom. The number of amides is 1. The van der Waals surface area contributed by atoms with Gasteiger partial charge >= 0.3 is 5.97 Å². The van der Waals surface area contributed by atoms with Gasteiger partial charge in [-0.3, -0.25) is 9.59 Å². The highest BCUT2D eigenvalue weighted by Crippen LogP contribution is 2.17. The summed E-state index contributed by atoms with van der Waals surface area (Å²) in [5.41, 5.74) is 0.926. The molecule has 0 aromatic carbocycles. The molecule has 0 saturated carbocycles. The van der Waals surface area contributed by atoms with Crippen molar-refractivity contribution in [3.05, 3.63) is 30.9 Å². The number of carboxylic acids is 1. The molecule has 2 aromatic rings. The van der Waals surface area contributed by atoms with Crippen molar-refractivity contribution in [2.24, 2.45) is 0 Å². The van der Waals surface area contributed by atoms with Crippen LogP contribution in [0.15, 0.2) is 30.9 Å². The first kappa shape index (κ1) is 14.1. The number of pyridine rings is 1. The zero-order valence-electron chi connectivity index (χ0n) is 10.8. The van der Waals surface area contributed by atoms with E-state index in [0.717, 1.165) is 10.6 Å². The molecule has 0 saturated heterocycles. The normalized spacial score (nSPS) is 10.2. The lowest BCUT2D eigenvalue weighted by Crippen LogP contribution is -2.44. The van der Waals surface area contributed by atoms with Gasteiger partial charge in [-0.25, -0.2) is 4.98 Å². The number of aromatic nitrogens is 3. The summed E-state index contributed by atoms with van der Waals surface area (Å²) >= 11 is 1.30. The Morgan fingerprint density at radius 2 is 2.10 bits per heavy atom. The molecule has 0 aliphatic rings. The van der Waals surface area contributed by atoms with E-state index in [0.29, 0.717) is 0 Å². The molecule has 0 aliphatic carbocycles. The minimum Gasteiger partial charge on any atom is -0.480 e. The van der Waals surface area contributed by atoms with Crippen molar-refractivity contribution in [3.63, 3.8) is 0 Å². The van der Waals surface area contributed by atoms with E-state index in [1.54, 1.807) is 17.0 Å². The summed E-state index contributed by atoms with van der Waals surface area (Å²) in [6, 6.07) is 3.68. The zero-order chi connectivity index (χ0) is 14.5. The number of rotatable bonds is 5. The molecule has 104 valence electrons. The van der Waals surface area contributed by atoms with Crippen molar-refractivity contribution in [3.8, 4) is 10.6 Å².